The topological polar surface area (TPSA) is 40.7 Å². The number of imidazole rings is 1. The number of thiophene rings is 1. The number of hydrogen-bond acceptors (Lipinski definition) is 3. The third-order valence-corrected chi connectivity index (χ3v) is 3.42. The van der Waals surface area contributed by atoms with E-state index < -0.39 is 0 Å². The number of aromatic amines is 1. The van der Waals surface area contributed by atoms with Crippen LogP contribution in [0.5, 0.6) is 0 Å². The van der Waals surface area contributed by atoms with Gasteiger partial charge in [-0.3, -0.25) is 0 Å². The molecule has 2 heterocycles. The molecule has 2 aromatic heterocycles. The number of aromatic nitrogens is 2. The third kappa shape index (κ3) is 2.67. The van der Waals surface area contributed by atoms with E-state index in [0.717, 1.165) is 18.8 Å². The monoisotopic (exact) mass is 271 g/mol. The molecule has 3 nitrogen and oxygen atoms in total. The summed E-state index contributed by atoms with van der Waals surface area (Å²) in [6.45, 7) is 1.73. The minimum Gasteiger partial charge on any atom is -0.347 e. The van der Waals surface area contributed by atoms with Gasteiger partial charge in [0.2, 0.25) is 0 Å². The number of hydrogen-bond donors (Lipinski definition) is 2. The molecule has 0 aliphatic rings. The summed E-state index contributed by atoms with van der Waals surface area (Å²) in [5.74, 6) is 0. The lowest BCUT2D eigenvalue weighted by molar-refractivity contribution is 0.689. The van der Waals surface area contributed by atoms with Crippen LogP contribution in [0.15, 0.2) is 28.4 Å². The van der Waals surface area contributed by atoms with Gasteiger partial charge >= 0.3 is 0 Å². The predicted molar refractivity (Wildman–Crippen MR) is 61.2 cm³/mol. The lowest BCUT2D eigenvalue weighted by atomic mass is 10.4. The fourth-order valence-corrected chi connectivity index (χ4v) is 2.60. The zero-order chi connectivity index (χ0) is 9.80. The quantitative estimate of drug-likeness (QED) is 0.897. The number of nitrogens with one attached hydrogen (secondary N) is 2. The Balaban J connectivity index is 1.78. The van der Waals surface area contributed by atoms with Crippen molar-refractivity contribution in [3.05, 3.63) is 39.0 Å². The molecule has 0 radical (unpaired) electrons. The van der Waals surface area contributed by atoms with Gasteiger partial charge in [-0.05, 0) is 28.1 Å². The molecule has 0 spiro atoms. The first kappa shape index (κ1) is 9.89. The van der Waals surface area contributed by atoms with E-state index in [9.17, 15) is 0 Å². The molecule has 5 heteroatoms. The zero-order valence-electron chi connectivity index (χ0n) is 7.46. The Morgan fingerprint density at radius 3 is 3.00 bits per heavy atom. The maximum atomic E-state index is 3.95. The van der Waals surface area contributed by atoms with Gasteiger partial charge in [-0.1, -0.05) is 0 Å². The lowest BCUT2D eigenvalue weighted by Crippen LogP contribution is -2.11. The van der Waals surface area contributed by atoms with Crippen molar-refractivity contribution >= 4 is 27.3 Å². The Hall–Kier alpha value is -0.650. The van der Waals surface area contributed by atoms with Crippen molar-refractivity contribution < 1.29 is 0 Å². The van der Waals surface area contributed by atoms with Gasteiger partial charge in [0, 0.05) is 29.9 Å². The highest BCUT2D eigenvalue weighted by molar-refractivity contribution is 9.11. The molecule has 0 fully saturated rings. The second-order valence-electron chi connectivity index (χ2n) is 2.89. The Morgan fingerprint density at radius 2 is 2.36 bits per heavy atom. The highest BCUT2D eigenvalue weighted by Gasteiger charge is 1.97. The minimum absolute atomic E-state index is 0.829. The molecule has 0 saturated heterocycles. The average molecular weight is 272 g/mol. The molecular formula is C9H10BrN3S. The van der Waals surface area contributed by atoms with E-state index in [1.807, 2.05) is 6.20 Å². The van der Waals surface area contributed by atoms with E-state index in [-0.39, 0.29) is 0 Å². The van der Waals surface area contributed by atoms with Crippen LogP contribution in [0.1, 0.15) is 10.6 Å². The predicted octanol–water partition coefficient (Wildman–Crippen LogP) is 2.52. The van der Waals surface area contributed by atoms with E-state index >= 15 is 0 Å². The maximum absolute atomic E-state index is 3.95. The van der Waals surface area contributed by atoms with Gasteiger partial charge in [0.25, 0.3) is 0 Å². The number of rotatable bonds is 4. The van der Waals surface area contributed by atoms with Crippen molar-refractivity contribution in [3.8, 4) is 0 Å². The molecule has 0 aromatic carbocycles. The summed E-state index contributed by atoms with van der Waals surface area (Å²) >= 11 is 5.19. The number of halogens is 1. The van der Waals surface area contributed by atoms with E-state index in [1.54, 1.807) is 17.7 Å². The van der Waals surface area contributed by atoms with Gasteiger partial charge in [0.1, 0.15) is 0 Å². The molecule has 0 unspecified atom stereocenters. The van der Waals surface area contributed by atoms with Crippen LogP contribution in [0, 0.1) is 0 Å². The van der Waals surface area contributed by atoms with Crippen LogP contribution in [0.2, 0.25) is 0 Å². The van der Waals surface area contributed by atoms with E-state index in [2.05, 4.69) is 43.3 Å². The molecule has 0 bridgehead atoms. The summed E-state index contributed by atoms with van der Waals surface area (Å²) in [6.07, 6.45) is 3.52. The van der Waals surface area contributed by atoms with Crippen LogP contribution in [0.25, 0.3) is 0 Å². The van der Waals surface area contributed by atoms with Crippen LogP contribution in [0.4, 0.5) is 0 Å². The van der Waals surface area contributed by atoms with Gasteiger partial charge in [-0.15, -0.1) is 11.3 Å². The molecule has 0 aliphatic heterocycles. The first-order chi connectivity index (χ1) is 6.84. The van der Waals surface area contributed by atoms with Gasteiger partial charge in [-0.25, -0.2) is 4.98 Å². The summed E-state index contributed by atoms with van der Waals surface area (Å²) in [7, 11) is 0. The highest BCUT2D eigenvalue weighted by Crippen LogP contribution is 2.21. The fourth-order valence-electron chi connectivity index (χ4n) is 1.15. The minimum atomic E-state index is 0.829. The highest BCUT2D eigenvalue weighted by atomic mass is 79.9. The summed E-state index contributed by atoms with van der Waals surface area (Å²) in [6, 6.07) is 4.19. The Kier molecular flexibility index (Phi) is 3.34. The van der Waals surface area contributed by atoms with Crippen molar-refractivity contribution in [2.75, 3.05) is 0 Å². The van der Waals surface area contributed by atoms with Gasteiger partial charge in [-0.2, -0.15) is 0 Å². The van der Waals surface area contributed by atoms with E-state index in [1.165, 1.54) is 8.66 Å². The molecule has 0 amide bonds. The summed E-state index contributed by atoms with van der Waals surface area (Å²) in [4.78, 5) is 8.33. The summed E-state index contributed by atoms with van der Waals surface area (Å²) in [5.41, 5.74) is 1.11. The molecule has 0 aliphatic carbocycles. The molecule has 0 saturated carbocycles. The maximum Gasteiger partial charge on any atom is 0.0922 e. The van der Waals surface area contributed by atoms with Crippen molar-refractivity contribution in [3.63, 3.8) is 0 Å². The average Bonchev–Trinajstić information content (AvgIpc) is 2.77. The van der Waals surface area contributed by atoms with Crippen LogP contribution < -0.4 is 5.32 Å². The Morgan fingerprint density at radius 1 is 1.43 bits per heavy atom. The van der Waals surface area contributed by atoms with Crippen molar-refractivity contribution in [2.24, 2.45) is 0 Å². The number of nitrogens with zero attached hydrogens (tertiary/aromatic N) is 1. The van der Waals surface area contributed by atoms with Gasteiger partial charge in [0.05, 0.1) is 10.1 Å². The second-order valence-corrected chi connectivity index (χ2v) is 5.43. The second kappa shape index (κ2) is 4.72. The molecule has 0 atom stereocenters. The Labute approximate surface area is 94.7 Å². The molecule has 74 valence electrons. The largest absolute Gasteiger partial charge is 0.347 e. The first-order valence-electron chi connectivity index (χ1n) is 4.27. The summed E-state index contributed by atoms with van der Waals surface area (Å²) < 4.78 is 1.18. The molecule has 2 N–H and O–H groups in total. The van der Waals surface area contributed by atoms with Gasteiger partial charge in [0.15, 0.2) is 0 Å². The normalized spacial score (nSPS) is 10.6. The third-order valence-electron chi connectivity index (χ3n) is 1.80. The smallest absolute Gasteiger partial charge is 0.0922 e. The Bertz CT molecular complexity index is 382. The van der Waals surface area contributed by atoms with Crippen LogP contribution in [0.3, 0.4) is 0 Å². The van der Waals surface area contributed by atoms with Crippen LogP contribution in [-0.4, -0.2) is 9.97 Å². The zero-order valence-corrected chi connectivity index (χ0v) is 9.86. The molecular weight excluding hydrogens is 262 g/mol. The van der Waals surface area contributed by atoms with Crippen molar-refractivity contribution in [2.45, 2.75) is 13.1 Å². The van der Waals surface area contributed by atoms with Crippen molar-refractivity contribution in [1.82, 2.24) is 15.3 Å². The van der Waals surface area contributed by atoms with E-state index in [4.69, 9.17) is 0 Å². The van der Waals surface area contributed by atoms with Crippen LogP contribution >= 0.6 is 27.3 Å². The van der Waals surface area contributed by atoms with E-state index in [0.29, 0.717) is 0 Å². The molecule has 14 heavy (non-hydrogen) atoms. The fraction of sp³-hybridized carbons (Fsp3) is 0.222. The molecule has 2 aromatic rings. The SMILES string of the molecule is Brc1ccc(CNCc2cnc[nH]2)s1. The standard InChI is InChI=1S/C9H10BrN3S/c10-9-2-1-8(14-9)5-11-3-7-4-12-6-13-7/h1-2,4,6,11H,3,5H2,(H,12,13). The van der Waals surface area contributed by atoms with Crippen LogP contribution in [-0.2, 0) is 13.1 Å². The van der Waals surface area contributed by atoms with Gasteiger partial charge < -0.3 is 10.3 Å². The summed E-state index contributed by atoms with van der Waals surface area (Å²) in [5, 5.41) is 3.34. The number of H-pyrrole nitrogens is 1. The lowest BCUT2D eigenvalue weighted by Gasteiger charge is -1.99. The van der Waals surface area contributed by atoms with Crippen molar-refractivity contribution in [1.29, 1.82) is 0 Å². The molecule has 2 rings (SSSR count). The first-order valence-corrected chi connectivity index (χ1v) is 5.88.